The third-order valence-electron chi connectivity index (χ3n) is 3.62. The average molecular weight is 322 g/mol. The van der Waals surface area contributed by atoms with Crippen molar-refractivity contribution in [3.63, 3.8) is 0 Å². The van der Waals surface area contributed by atoms with Gasteiger partial charge in [0.05, 0.1) is 11.3 Å². The van der Waals surface area contributed by atoms with Crippen molar-refractivity contribution in [1.29, 1.82) is 0 Å². The minimum absolute atomic E-state index is 0.170. The van der Waals surface area contributed by atoms with Gasteiger partial charge in [0.2, 0.25) is 0 Å². The van der Waals surface area contributed by atoms with Crippen molar-refractivity contribution in [1.82, 2.24) is 25.5 Å². The van der Waals surface area contributed by atoms with E-state index in [-0.39, 0.29) is 5.91 Å². The Hall–Kier alpha value is -3.22. The first-order valence-corrected chi connectivity index (χ1v) is 7.52. The molecule has 1 N–H and O–H groups in total. The first-order chi connectivity index (χ1) is 11.6. The quantitative estimate of drug-likeness (QED) is 0.773. The van der Waals surface area contributed by atoms with Gasteiger partial charge in [-0.05, 0) is 40.3 Å². The zero-order valence-electron chi connectivity index (χ0n) is 13.5. The fourth-order valence-electron chi connectivity index (χ4n) is 2.36. The van der Waals surface area contributed by atoms with Crippen molar-refractivity contribution in [3.05, 3.63) is 66.0 Å². The van der Waals surface area contributed by atoms with Gasteiger partial charge in [-0.3, -0.25) is 4.79 Å². The number of nitrogens with one attached hydrogen (secondary N) is 1. The lowest BCUT2D eigenvalue weighted by atomic mass is 10.1. The van der Waals surface area contributed by atoms with Gasteiger partial charge in [-0.15, -0.1) is 5.10 Å². The Kier molecular flexibility index (Phi) is 4.51. The van der Waals surface area contributed by atoms with Crippen LogP contribution < -0.4 is 10.2 Å². The van der Waals surface area contributed by atoms with Crippen molar-refractivity contribution in [2.75, 3.05) is 19.0 Å². The topological polar surface area (TPSA) is 75.9 Å². The molecule has 7 nitrogen and oxygen atoms in total. The first kappa shape index (κ1) is 15.7. The number of tetrazole rings is 1. The highest BCUT2D eigenvalue weighted by Gasteiger charge is 2.13. The minimum Gasteiger partial charge on any atom is -0.378 e. The number of benzene rings is 2. The van der Waals surface area contributed by atoms with Gasteiger partial charge >= 0.3 is 0 Å². The third kappa shape index (κ3) is 3.40. The van der Waals surface area contributed by atoms with Crippen LogP contribution in [0.3, 0.4) is 0 Å². The van der Waals surface area contributed by atoms with E-state index in [2.05, 4.69) is 20.8 Å². The molecule has 0 aliphatic heterocycles. The van der Waals surface area contributed by atoms with E-state index in [1.807, 2.05) is 55.4 Å². The van der Waals surface area contributed by atoms with Gasteiger partial charge in [0.25, 0.3) is 5.91 Å². The number of amides is 1. The molecule has 0 radical (unpaired) electrons. The molecule has 3 aromatic rings. The van der Waals surface area contributed by atoms with Crippen molar-refractivity contribution >= 4 is 11.6 Å². The van der Waals surface area contributed by atoms with Crippen molar-refractivity contribution in [2.24, 2.45) is 0 Å². The van der Waals surface area contributed by atoms with E-state index in [0.29, 0.717) is 17.8 Å². The SMILES string of the molecule is CN(C)c1cccc(CNC(=O)c2ccccc2-n2cnnn2)c1. The summed E-state index contributed by atoms with van der Waals surface area (Å²) in [5.74, 6) is -0.170. The van der Waals surface area contributed by atoms with Crippen LogP contribution in [0.1, 0.15) is 15.9 Å². The van der Waals surface area contributed by atoms with E-state index in [4.69, 9.17) is 0 Å². The molecule has 1 amide bonds. The summed E-state index contributed by atoms with van der Waals surface area (Å²) in [5, 5.41) is 14.0. The van der Waals surface area contributed by atoms with Gasteiger partial charge in [0.1, 0.15) is 6.33 Å². The Morgan fingerprint density at radius 3 is 2.75 bits per heavy atom. The molecule has 7 heteroatoms. The highest BCUT2D eigenvalue weighted by atomic mass is 16.1. The molecule has 2 aromatic carbocycles. The summed E-state index contributed by atoms with van der Waals surface area (Å²) in [4.78, 5) is 14.6. The van der Waals surface area contributed by atoms with Crippen LogP contribution in [0.5, 0.6) is 0 Å². The van der Waals surface area contributed by atoms with Crippen LogP contribution in [0.2, 0.25) is 0 Å². The maximum atomic E-state index is 12.5. The average Bonchev–Trinajstić information content (AvgIpc) is 3.14. The standard InChI is InChI=1S/C17H18N6O/c1-22(2)14-7-5-6-13(10-14)11-18-17(24)15-8-3-4-9-16(15)23-12-19-20-21-23/h3-10,12H,11H2,1-2H3,(H,18,24). The van der Waals surface area contributed by atoms with Gasteiger partial charge < -0.3 is 10.2 Å². The number of para-hydroxylation sites is 1. The molecule has 0 spiro atoms. The number of hydrogen-bond acceptors (Lipinski definition) is 5. The number of hydrogen-bond donors (Lipinski definition) is 1. The van der Waals surface area contributed by atoms with E-state index in [1.54, 1.807) is 12.1 Å². The third-order valence-corrected chi connectivity index (χ3v) is 3.62. The predicted molar refractivity (Wildman–Crippen MR) is 91.1 cm³/mol. The number of nitrogens with zero attached hydrogens (tertiary/aromatic N) is 5. The molecule has 0 bridgehead atoms. The van der Waals surface area contributed by atoms with Gasteiger partial charge in [-0.25, -0.2) is 0 Å². The molecule has 0 fully saturated rings. The lowest BCUT2D eigenvalue weighted by molar-refractivity contribution is 0.0950. The van der Waals surface area contributed by atoms with Gasteiger partial charge in [0.15, 0.2) is 0 Å². The molecule has 0 aliphatic rings. The molecule has 0 aliphatic carbocycles. The molecule has 122 valence electrons. The summed E-state index contributed by atoms with van der Waals surface area (Å²) in [6.07, 6.45) is 1.46. The van der Waals surface area contributed by atoms with Crippen LogP contribution in [0.15, 0.2) is 54.9 Å². The molecular weight excluding hydrogens is 304 g/mol. The molecule has 1 aromatic heterocycles. The Balaban J connectivity index is 1.76. The molecule has 0 unspecified atom stereocenters. The normalized spacial score (nSPS) is 10.4. The summed E-state index contributed by atoms with van der Waals surface area (Å²) in [7, 11) is 3.97. The summed E-state index contributed by atoms with van der Waals surface area (Å²) in [6, 6.07) is 15.3. The summed E-state index contributed by atoms with van der Waals surface area (Å²) in [5.41, 5.74) is 3.29. The Labute approximate surface area is 139 Å². The number of aromatic nitrogens is 4. The summed E-state index contributed by atoms with van der Waals surface area (Å²) in [6.45, 7) is 0.449. The number of anilines is 1. The van der Waals surface area contributed by atoms with Gasteiger partial charge in [-0.2, -0.15) is 4.68 Å². The lowest BCUT2D eigenvalue weighted by Gasteiger charge is -2.14. The zero-order chi connectivity index (χ0) is 16.9. The highest BCUT2D eigenvalue weighted by molar-refractivity contribution is 5.97. The van der Waals surface area contributed by atoms with Crippen molar-refractivity contribution in [3.8, 4) is 5.69 Å². The maximum Gasteiger partial charge on any atom is 0.253 e. The zero-order valence-corrected chi connectivity index (χ0v) is 13.5. The van der Waals surface area contributed by atoms with Crippen LogP contribution in [0, 0.1) is 0 Å². The predicted octanol–water partition coefficient (Wildman–Crippen LogP) is 1.66. The van der Waals surface area contributed by atoms with E-state index in [1.165, 1.54) is 11.0 Å². The Morgan fingerprint density at radius 2 is 2.00 bits per heavy atom. The van der Waals surface area contributed by atoms with E-state index >= 15 is 0 Å². The fourth-order valence-corrected chi connectivity index (χ4v) is 2.36. The number of carbonyl (C=O) groups excluding carboxylic acids is 1. The second-order valence-electron chi connectivity index (χ2n) is 5.52. The molecule has 0 atom stereocenters. The lowest BCUT2D eigenvalue weighted by Crippen LogP contribution is -2.24. The summed E-state index contributed by atoms with van der Waals surface area (Å²) >= 11 is 0. The van der Waals surface area contributed by atoms with Crippen molar-refractivity contribution < 1.29 is 4.79 Å². The molecule has 0 saturated heterocycles. The van der Waals surface area contributed by atoms with Crippen molar-refractivity contribution in [2.45, 2.75) is 6.54 Å². The molecule has 0 saturated carbocycles. The van der Waals surface area contributed by atoms with E-state index in [0.717, 1.165) is 11.3 Å². The Bertz CT molecular complexity index is 829. The smallest absolute Gasteiger partial charge is 0.253 e. The van der Waals surface area contributed by atoms with Gasteiger partial charge in [-0.1, -0.05) is 24.3 Å². The van der Waals surface area contributed by atoms with Gasteiger partial charge in [0, 0.05) is 26.3 Å². The van der Waals surface area contributed by atoms with Crippen LogP contribution in [0.25, 0.3) is 5.69 Å². The second kappa shape index (κ2) is 6.91. The molecular formula is C17H18N6O. The second-order valence-corrected chi connectivity index (χ2v) is 5.52. The Morgan fingerprint density at radius 1 is 1.17 bits per heavy atom. The van der Waals surface area contributed by atoms with Crippen LogP contribution in [0.4, 0.5) is 5.69 Å². The number of carbonyl (C=O) groups is 1. The summed E-state index contributed by atoms with van der Waals surface area (Å²) < 4.78 is 1.47. The monoisotopic (exact) mass is 322 g/mol. The molecule has 24 heavy (non-hydrogen) atoms. The minimum atomic E-state index is -0.170. The fraction of sp³-hybridized carbons (Fsp3) is 0.176. The van der Waals surface area contributed by atoms with Crippen LogP contribution in [-0.4, -0.2) is 40.2 Å². The largest absolute Gasteiger partial charge is 0.378 e. The van der Waals surface area contributed by atoms with Crippen LogP contribution in [-0.2, 0) is 6.54 Å². The highest BCUT2D eigenvalue weighted by Crippen LogP contribution is 2.15. The van der Waals surface area contributed by atoms with E-state index < -0.39 is 0 Å². The van der Waals surface area contributed by atoms with E-state index in [9.17, 15) is 4.79 Å². The molecule has 1 heterocycles. The number of rotatable bonds is 5. The maximum absolute atomic E-state index is 12.5. The first-order valence-electron chi connectivity index (χ1n) is 7.52. The van der Waals surface area contributed by atoms with Crippen LogP contribution >= 0.6 is 0 Å². The molecule has 3 rings (SSSR count).